The minimum atomic E-state index is -1.27. The molecule has 0 aliphatic rings. The summed E-state index contributed by atoms with van der Waals surface area (Å²) >= 11 is 0. The van der Waals surface area contributed by atoms with Crippen LogP contribution in [0.1, 0.15) is 32.1 Å². The highest BCUT2D eigenvalue weighted by Crippen LogP contribution is 2.12. The van der Waals surface area contributed by atoms with E-state index >= 15 is 0 Å². The first-order valence-corrected chi connectivity index (χ1v) is 6.02. The van der Waals surface area contributed by atoms with E-state index in [2.05, 4.69) is 4.98 Å². The van der Waals surface area contributed by atoms with Crippen LogP contribution >= 0.6 is 0 Å². The van der Waals surface area contributed by atoms with Crippen LogP contribution in [0, 0.1) is 5.92 Å². The highest BCUT2D eigenvalue weighted by Gasteiger charge is 2.24. The number of aliphatic carboxylic acids is 2. The van der Waals surface area contributed by atoms with Gasteiger partial charge in [0.15, 0.2) is 5.92 Å². The van der Waals surface area contributed by atoms with Crippen LogP contribution in [0.5, 0.6) is 0 Å². The molecule has 0 amide bonds. The topological polar surface area (TPSA) is 92.4 Å². The number of carboxylic acids is 2. The molecular formula is C12H18N2O4. The molecule has 1 aromatic heterocycles. The van der Waals surface area contributed by atoms with Crippen LogP contribution < -0.4 is 0 Å². The maximum absolute atomic E-state index is 10.6. The summed E-state index contributed by atoms with van der Waals surface area (Å²) in [5.74, 6) is -3.76. The molecular weight excluding hydrogens is 236 g/mol. The summed E-state index contributed by atoms with van der Waals surface area (Å²) < 4.78 is 1.98. The standard InChI is InChI=1S/C12H18N2O4/c15-11(16)10(12(17)18)5-3-1-2-4-7-14-8-6-13-9-14/h6,8-10H,1-5,7H2,(H,15,16)(H,17,18). The van der Waals surface area contributed by atoms with Gasteiger partial charge in [0, 0.05) is 18.9 Å². The largest absolute Gasteiger partial charge is 0.481 e. The van der Waals surface area contributed by atoms with Crippen molar-refractivity contribution in [3.05, 3.63) is 18.7 Å². The Bertz CT molecular complexity index is 361. The molecule has 6 nitrogen and oxygen atoms in total. The first kappa shape index (κ1) is 14.2. The maximum atomic E-state index is 10.6. The molecule has 6 heteroatoms. The summed E-state index contributed by atoms with van der Waals surface area (Å²) in [7, 11) is 0. The quantitative estimate of drug-likeness (QED) is 0.516. The number of carboxylic acid groups (broad SMARTS) is 2. The maximum Gasteiger partial charge on any atom is 0.317 e. The highest BCUT2D eigenvalue weighted by molar-refractivity contribution is 5.92. The van der Waals surface area contributed by atoms with E-state index in [1.54, 1.807) is 12.5 Å². The van der Waals surface area contributed by atoms with Crippen LogP contribution in [0.2, 0.25) is 0 Å². The van der Waals surface area contributed by atoms with E-state index in [9.17, 15) is 9.59 Å². The van der Waals surface area contributed by atoms with Gasteiger partial charge in [0.1, 0.15) is 0 Å². The number of carbonyl (C=O) groups is 2. The Kier molecular flexibility index (Phi) is 5.90. The molecule has 0 aliphatic carbocycles. The monoisotopic (exact) mass is 254 g/mol. The number of hydrogen-bond donors (Lipinski definition) is 2. The van der Waals surface area contributed by atoms with Gasteiger partial charge in [0.2, 0.25) is 0 Å². The molecule has 1 heterocycles. The fraction of sp³-hybridized carbons (Fsp3) is 0.583. The Morgan fingerprint density at radius 1 is 1.11 bits per heavy atom. The predicted molar refractivity (Wildman–Crippen MR) is 64.1 cm³/mol. The first-order chi connectivity index (χ1) is 8.61. The molecule has 1 aromatic rings. The molecule has 0 atom stereocenters. The minimum absolute atomic E-state index is 0.204. The average molecular weight is 254 g/mol. The van der Waals surface area contributed by atoms with Gasteiger partial charge in [0.05, 0.1) is 6.33 Å². The number of imidazole rings is 1. The lowest BCUT2D eigenvalue weighted by atomic mass is 10.0. The normalized spacial score (nSPS) is 10.7. The molecule has 0 radical (unpaired) electrons. The second-order valence-electron chi connectivity index (χ2n) is 4.23. The van der Waals surface area contributed by atoms with Crippen molar-refractivity contribution in [2.45, 2.75) is 38.6 Å². The van der Waals surface area contributed by atoms with E-state index < -0.39 is 17.9 Å². The zero-order valence-corrected chi connectivity index (χ0v) is 10.2. The average Bonchev–Trinajstić information content (AvgIpc) is 2.79. The minimum Gasteiger partial charge on any atom is -0.481 e. The van der Waals surface area contributed by atoms with Crippen molar-refractivity contribution in [2.75, 3.05) is 0 Å². The Morgan fingerprint density at radius 2 is 1.78 bits per heavy atom. The third-order valence-electron chi connectivity index (χ3n) is 2.81. The second-order valence-corrected chi connectivity index (χ2v) is 4.23. The van der Waals surface area contributed by atoms with E-state index in [-0.39, 0.29) is 6.42 Å². The van der Waals surface area contributed by atoms with Crippen molar-refractivity contribution >= 4 is 11.9 Å². The van der Waals surface area contributed by atoms with Crippen LogP contribution in [0.25, 0.3) is 0 Å². The van der Waals surface area contributed by atoms with Gasteiger partial charge < -0.3 is 14.8 Å². The third kappa shape index (κ3) is 4.99. The second kappa shape index (κ2) is 7.47. The van der Waals surface area contributed by atoms with E-state index in [1.807, 2.05) is 10.8 Å². The van der Waals surface area contributed by atoms with Gasteiger partial charge in [-0.1, -0.05) is 19.3 Å². The first-order valence-electron chi connectivity index (χ1n) is 6.02. The predicted octanol–water partition coefficient (Wildman–Crippen LogP) is 1.62. The van der Waals surface area contributed by atoms with Crippen LogP contribution in [0.15, 0.2) is 18.7 Å². The van der Waals surface area contributed by atoms with Gasteiger partial charge in [-0.3, -0.25) is 9.59 Å². The molecule has 0 unspecified atom stereocenters. The van der Waals surface area contributed by atoms with Gasteiger partial charge in [-0.2, -0.15) is 0 Å². The summed E-state index contributed by atoms with van der Waals surface area (Å²) in [4.78, 5) is 25.2. The lowest BCUT2D eigenvalue weighted by Crippen LogP contribution is -2.23. The number of aromatic nitrogens is 2. The van der Waals surface area contributed by atoms with Crippen LogP contribution in [-0.2, 0) is 16.1 Å². The summed E-state index contributed by atoms with van der Waals surface area (Å²) in [6.45, 7) is 0.890. The summed E-state index contributed by atoms with van der Waals surface area (Å²) in [6.07, 6.45) is 9.01. The number of rotatable bonds is 9. The molecule has 0 aromatic carbocycles. The van der Waals surface area contributed by atoms with Gasteiger partial charge in [-0.05, 0) is 12.8 Å². The molecule has 0 aliphatic heterocycles. The Hall–Kier alpha value is -1.85. The number of unbranched alkanes of at least 4 members (excludes halogenated alkanes) is 3. The number of nitrogens with zero attached hydrogens (tertiary/aromatic N) is 2. The summed E-state index contributed by atoms with van der Waals surface area (Å²) in [5.41, 5.74) is 0. The zero-order valence-electron chi connectivity index (χ0n) is 10.2. The Balaban J connectivity index is 2.07. The van der Waals surface area contributed by atoms with Crippen molar-refractivity contribution in [3.63, 3.8) is 0 Å². The molecule has 100 valence electrons. The summed E-state index contributed by atoms with van der Waals surface area (Å²) in [6, 6.07) is 0. The van der Waals surface area contributed by atoms with Gasteiger partial charge >= 0.3 is 11.9 Å². The molecule has 1 rings (SSSR count). The third-order valence-corrected chi connectivity index (χ3v) is 2.81. The molecule has 0 saturated carbocycles. The van der Waals surface area contributed by atoms with Crippen LogP contribution in [0.3, 0.4) is 0 Å². The SMILES string of the molecule is O=C(O)C(CCCCCCn1ccnc1)C(=O)O. The molecule has 0 saturated heterocycles. The van der Waals surface area contributed by atoms with Crippen molar-refractivity contribution in [1.29, 1.82) is 0 Å². The lowest BCUT2D eigenvalue weighted by molar-refractivity contribution is -0.154. The van der Waals surface area contributed by atoms with E-state index in [4.69, 9.17) is 10.2 Å². The van der Waals surface area contributed by atoms with Crippen molar-refractivity contribution < 1.29 is 19.8 Å². The smallest absolute Gasteiger partial charge is 0.317 e. The molecule has 18 heavy (non-hydrogen) atoms. The van der Waals surface area contributed by atoms with Crippen molar-refractivity contribution in [3.8, 4) is 0 Å². The highest BCUT2D eigenvalue weighted by atomic mass is 16.4. The number of hydrogen-bond acceptors (Lipinski definition) is 3. The summed E-state index contributed by atoms with van der Waals surface area (Å²) in [5, 5.41) is 17.4. The van der Waals surface area contributed by atoms with Crippen LogP contribution in [0.4, 0.5) is 0 Å². The Labute approximate surface area is 105 Å². The van der Waals surface area contributed by atoms with Crippen molar-refractivity contribution in [2.24, 2.45) is 5.92 Å². The van der Waals surface area contributed by atoms with Gasteiger partial charge in [0.25, 0.3) is 0 Å². The fourth-order valence-electron chi connectivity index (χ4n) is 1.77. The van der Waals surface area contributed by atoms with E-state index in [0.29, 0.717) is 6.42 Å². The van der Waals surface area contributed by atoms with E-state index in [0.717, 1.165) is 25.8 Å². The van der Waals surface area contributed by atoms with Gasteiger partial charge in [-0.15, -0.1) is 0 Å². The molecule has 0 bridgehead atoms. The van der Waals surface area contributed by atoms with E-state index in [1.165, 1.54) is 0 Å². The van der Waals surface area contributed by atoms with Gasteiger partial charge in [-0.25, -0.2) is 4.98 Å². The number of aryl methyl sites for hydroxylation is 1. The fourth-order valence-corrected chi connectivity index (χ4v) is 1.77. The van der Waals surface area contributed by atoms with Crippen LogP contribution in [-0.4, -0.2) is 31.7 Å². The van der Waals surface area contributed by atoms with Crippen molar-refractivity contribution in [1.82, 2.24) is 9.55 Å². The zero-order chi connectivity index (χ0) is 13.4. The Morgan fingerprint density at radius 3 is 2.33 bits per heavy atom. The molecule has 2 N–H and O–H groups in total. The molecule has 0 spiro atoms. The lowest BCUT2D eigenvalue weighted by Gasteiger charge is -2.07. The molecule has 0 fully saturated rings.